The van der Waals surface area contributed by atoms with Crippen molar-refractivity contribution in [3.63, 3.8) is 0 Å². The van der Waals surface area contributed by atoms with Gasteiger partial charge in [-0.15, -0.1) is 0 Å². The average molecular weight is 442 g/mol. The quantitative estimate of drug-likeness (QED) is 0.623. The van der Waals surface area contributed by atoms with Gasteiger partial charge >= 0.3 is 5.97 Å². The van der Waals surface area contributed by atoms with Crippen molar-refractivity contribution in [2.45, 2.75) is 0 Å². The van der Waals surface area contributed by atoms with Crippen molar-refractivity contribution in [3.05, 3.63) is 83.9 Å². The number of amides is 1. The van der Waals surface area contributed by atoms with Crippen molar-refractivity contribution in [3.8, 4) is 5.75 Å². The molecular formula is C25H22N4O4. The lowest BCUT2D eigenvalue weighted by molar-refractivity contribution is -0.112. The van der Waals surface area contributed by atoms with Crippen LogP contribution in [0.25, 0.3) is 0 Å². The van der Waals surface area contributed by atoms with Gasteiger partial charge in [-0.05, 0) is 72.8 Å². The Morgan fingerprint density at radius 3 is 2.15 bits per heavy atom. The Hall–Kier alpha value is -4.46. The van der Waals surface area contributed by atoms with Crippen molar-refractivity contribution in [2.24, 2.45) is 10.1 Å². The SMILES string of the molecule is COc1ccc(C2=NN(c3ccc(C(=O)O)cc3)C(=O)C2=Nc2ccc(N(C)C)cc2)cc1. The van der Waals surface area contributed by atoms with Gasteiger partial charge in [0.25, 0.3) is 5.91 Å². The molecule has 0 saturated heterocycles. The van der Waals surface area contributed by atoms with Crippen molar-refractivity contribution >= 4 is 40.4 Å². The summed E-state index contributed by atoms with van der Waals surface area (Å²) in [5.41, 5.74) is 3.53. The third kappa shape index (κ3) is 4.45. The van der Waals surface area contributed by atoms with Gasteiger partial charge in [0.2, 0.25) is 0 Å². The number of ether oxygens (including phenoxy) is 1. The van der Waals surface area contributed by atoms with E-state index in [1.54, 1.807) is 31.4 Å². The fourth-order valence-electron chi connectivity index (χ4n) is 3.31. The van der Waals surface area contributed by atoms with Gasteiger partial charge in [-0.2, -0.15) is 10.1 Å². The van der Waals surface area contributed by atoms with Crippen molar-refractivity contribution < 1.29 is 19.4 Å². The van der Waals surface area contributed by atoms with E-state index in [1.807, 2.05) is 55.4 Å². The van der Waals surface area contributed by atoms with Crippen LogP contribution in [0.15, 0.2) is 82.9 Å². The lowest BCUT2D eigenvalue weighted by Crippen LogP contribution is -2.27. The van der Waals surface area contributed by atoms with E-state index in [9.17, 15) is 9.59 Å². The van der Waals surface area contributed by atoms with Crippen LogP contribution in [0.5, 0.6) is 5.75 Å². The number of hydrogen-bond donors (Lipinski definition) is 1. The number of methoxy groups -OCH3 is 1. The van der Waals surface area contributed by atoms with E-state index in [1.165, 1.54) is 17.1 Å². The monoisotopic (exact) mass is 442 g/mol. The maximum atomic E-state index is 13.3. The number of carboxylic acid groups (broad SMARTS) is 1. The first kappa shape index (κ1) is 21.8. The second-order valence-corrected chi connectivity index (χ2v) is 7.52. The second-order valence-electron chi connectivity index (χ2n) is 7.52. The Kier molecular flexibility index (Phi) is 5.91. The number of nitrogens with zero attached hydrogens (tertiary/aromatic N) is 4. The van der Waals surface area contributed by atoms with Gasteiger partial charge in [0, 0.05) is 25.3 Å². The number of aliphatic imine (C=N–C) groups is 1. The lowest BCUT2D eigenvalue weighted by Gasteiger charge is -2.12. The highest BCUT2D eigenvalue weighted by molar-refractivity contribution is 6.74. The Morgan fingerprint density at radius 2 is 1.61 bits per heavy atom. The Bertz CT molecular complexity index is 1250. The van der Waals surface area contributed by atoms with Gasteiger partial charge in [0.05, 0.1) is 24.0 Å². The van der Waals surface area contributed by atoms with Crippen LogP contribution in [0, 0.1) is 0 Å². The number of aromatic carboxylic acids is 1. The van der Waals surface area contributed by atoms with Crippen LogP contribution in [0.3, 0.4) is 0 Å². The summed E-state index contributed by atoms with van der Waals surface area (Å²) in [6.45, 7) is 0. The number of carbonyl (C=O) groups is 2. The summed E-state index contributed by atoms with van der Waals surface area (Å²) in [7, 11) is 5.48. The summed E-state index contributed by atoms with van der Waals surface area (Å²) >= 11 is 0. The largest absolute Gasteiger partial charge is 0.497 e. The molecule has 0 aliphatic carbocycles. The zero-order valence-corrected chi connectivity index (χ0v) is 18.4. The zero-order valence-electron chi connectivity index (χ0n) is 18.4. The maximum Gasteiger partial charge on any atom is 0.335 e. The van der Waals surface area contributed by atoms with E-state index in [-0.39, 0.29) is 11.3 Å². The normalized spacial score (nSPS) is 14.4. The average Bonchev–Trinajstić information content (AvgIpc) is 3.15. The first-order valence-corrected chi connectivity index (χ1v) is 10.1. The molecule has 3 aromatic rings. The number of rotatable bonds is 6. The Balaban J connectivity index is 1.76. The zero-order chi connectivity index (χ0) is 23.5. The number of benzene rings is 3. The number of anilines is 2. The maximum absolute atomic E-state index is 13.3. The van der Waals surface area contributed by atoms with Gasteiger partial charge in [-0.1, -0.05) is 0 Å². The topological polar surface area (TPSA) is 94.8 Å². The van der Waals surface area contributed by atoms with E-state index < -0.39 is 11.9 Å². The summed E-state index contributed by atoms with van der Waals surface area (Å²) in [6.07, 6.45) is 0. The standard InChI is InChI=1S/C25H22N4O4/c1-28(2)19-12-8-18(9-13-19)26-23-22(16-6-14-21(33-3)15-7-16)27-29(24(23)30)20-10-4-17(5-11-20)25(31)32/h4-15H,1-3H3,(H,31,32). The van der Waals surface area contributed by atoms with E-state index in [0.717, 1.165) is 5.69 Å². The van der Waals surface area contributed by atoms with E-state index in [4.69, 9.17) is 9.84 Å². The third-order valence-corrected chi connectivity index (χ3v) is 5.15. The smallest absolute Gasteiger partial charge is 0.335 e. The summed E-state index contributed by atoms with van der Waals surface area (Å²) in [5, 5.41) is 14.9. The highest BCUT2D eigenvalue weighted by atomic mass is 16.5. The Labute approximate surface area is 191 Å². The van der Waals surface area contributed by atoms with Crippen molar-refractivity contribution in [1.82, 2.24) is 0 Å². The van der Waals surface area contributed by atoms with E-state index >= 15 is 0 Å². The van der Waals surface area contributed by atoms with Gasteiger partial charge in [-0.25, -0.2) is 9.79 Å². The van der Waals surface area contributed by atoms with Crippen LogP contribution in [0.1, 0.15) is 15.9 Å². The van der Waals surface area contributed by atoms with Gasteiger partial charge in [0.1, 0.15) is 11.5 Å². The predicted octanol–water partition coefficient (Wildman–Crippen LogP) is 3.98. The molecule has 8 heteroatoms. The molecule has 3 aromatic carbocycles. The van der Waals surface area contributed by atoms with Gasteiger partial charge in [0.15, 0.2) is 5.71 Å². The molecule has 0 atom stereocenters. The summed E-state index contributed by atoms with van der Waals surface area (Å²) < 4.78 is 5.23. The van der Waals surface area contributed by atoms with Crippen molar-refractivity contribution in [2.75, 3.05) is 31.1 Å². The molecule has 0 saturated carbocycles. The van der Waals surface area contributed by atoms with Crippen LogP contribution < -0.4 is 14.6 Å². The van der Waals surface area contributed by atoms with Gasteiger partial charge < -0.3 is 14.7 Å². The molecule has 1 amide bonds. The molecular weight excluding hydrogens is 420 g/mol. The first-order valence-electron chi connectivity index (χ1n) is 10.1. The molecule has 1 aliphatic rings. The Morgan fingerprint density at radius 1 is 0.970 bits per heavy atom. The van der Waals surface area contributed by atoms with Crippen LogP contribution in [-0.4, -0.2) is 49.6 Å². The highest BCUT2D eigenvalue weighted by Gasteiger charge is 2.34. The molecule has 33 heavy (non-hydrogen) atoms. The van der Waals surface area contributed by atoms with Crippen LogP contribution in [0.4, 0.5) is 17.1 Å². The predicted molar refractivity (Wildman–Crippen MR) is 128 cm³/mol. The fourth-order valence-corrected chi connectivity index (χ4v) is 3.31. The van der Waals surface area contributed by atoms with Crippen LogP contribution >= 0.6 is 0 Å². The first-order chi connectivity index (χ1) is 15.9. The van der Waals surface area contributed by atoms with E-state index in [0.29, 0.717) is 28.4 Å². The third-order valence-electron chi connectivity index (χ3n) is 5.15. The molecule has 1 heterocycles. The van der Waals surface area contributed by atoms with E-state index in [2.05, 4.69) is 10.1 Å². The van der Waals surface area contributed by atoms with Crippen molar-refractivity contribution in [1.29, 1.82) is 0 Å². The fraction of sp³-hybridized carbons (Fsp3) is 0.120. The molecule has 4 rings (SSSR count). The highest BCUT2D eigenvalue weighted by Crippen LogP contribution is 2.26. The van der Waals surface area contributed by atoms with Gasteiger partial charge in [-0.3, -0.25) is 4.79 Å². The minimum Gasteiger partial charge on any atom is -0.497 e. The molecule has 0 fully saturated rings. The molecule has 0 aromatic heterocycles. The van der Waals surface area contributed by atoms with Crippen LogP contribution in [0.2, 0.25) is 0 Å². The number of carboxylic acids is 1. The lowest BCUT2D eigenvalue weighted by atomic mass is 10.1. The van der Waals surface area contributed by atoms with Crippen LogP contribution in [-0.2, 0) is 4.79 Å². The molecule has 0 bridgehead atoms. The molecule has 1 aliphatic heterocycles. The second kappa shape index (κ2) is 8.96. The summed E-state index contributed by atoms with van der Waals surface area (Å²) in [5.74, 6) is -0.761. The number of hydrazone groups is 1. The number of carbonyl (C=O) groups excluding carboxylic acids is 1. The molecule has 8 nitrogen and oxygen atoms in total. The minimum absolute atomic E-state index is 0.125. The molecule has 0 radical (unpaired) electrons. The molecule has 0 spiro atoms. The molecule has 166 valence electrons. The minimum atomic E-state index is -1.04. The summed E-state index contributed by atoms with van der Waals surface area (Å²) in [4.78, 5) is 31.1. The number of hydrogen-bond acceptors (Lipinski definition) is 6. The molecule has 0 unspecified atom stereocenters. The summed E-state index contributed by atoms with van der Waals surface area (Å²) in [6, 6.07) is 20.7. The molecule has 1 N–H and O–H groups in total.